The molecule has 7 heteroatoms. The average Bonchev–Trinajstić information content (AvgIpc) is 2.35. The Hall–Kier alpha value is -2.31. The van der Waals surface area contributed by atoms with Crippen LogP contribution in [0.3, 0.4) is 0 Å². The second-order valence-corrected chi connectivity index (χ2v) is 5.72. The molecule has 2 N–H and O–H groups in total. The summed E-state index contributed by atoms with van der Waals surface area (Å²) in [7, 11) is 0. The van der Waals surface area contributed by atoms with Gasteiger partial charge in [-0.1, -0.05) is 32.9 Å². The maximum Gasteiger partial charge on any atom is 0.471 e. The van der Waals surface area contributed by atoms with Crippen LogP contribution in [-0.4, -0.2) is 18.0 Å². The molecule has 0 aliphatic heterocycles. The zero-order valence-corrected chi connectivity index (χ0v) is 12.4. The maximum absolute atomic E-state index is 12.2. The van der Waals surface area contributed by atoms with E-state index in [1.165, 1.54) is 30.3 Å². The third-order valence-corrected chi connectivity index (χ3v) is 2.38. The van der Waals surface area contributed by atoms with Gasteiger partial charge in [-0.15, -0.1) is 0 Å². The quantitative estimate of drug-likeness (QED) is 0.835. The van der Waals surface area contributed by atoms with Crippen molar-refractivity contribution < 1.29 is 22.8 Å². The third kappa shape index (κ3) is 6.43. The number of allylic oxidation sites excluding steroid dienone is 1. The predicted octanol–water partition coefficient (Wildman–Crippen LogP) is 3.73. The number of rotatable bonds is 3. The molecular formula is C15H17F3N2O2. The Morgan fingerprint density at radius 2 is 1.59 bits per heavy atom. The van der Waals surface area contributed by atoms with Crippen molar-refractivity contribution in [2.45, 2.75) is 26.9 Å². The molecule has 22 heavy (non-hydrogen) atoms. The molecule has 2 amide bonds. The maximum atomic E-state index is 12.2. The Balaban J connectivity index is 2.75. The summed E-state index contributed by atoms with van der Waals surface area (Å²) in [6.45, 7) is 5.76. The van der Waals surface area contributed by atoms with Crippen LogP contribution in [0, 0.1) is 5.41 Å². The van der Waals surface area contributed by atoms with Crippen LogP contribution < -0.4 is 10.6 Å². The fraction of sp³-hybridized carbons (Fsp3) is 0.333. The van der Waals surface area contributed by atoms with Gasteiger partial charge >= 0.3 is 12.1 Å². The van der Waals surface area contributed by atoms with Crippen molar-refractivity contribution in [2.75, 3.05) is 10.6 Å². The third-order valence-electron chi connectivity index (χ3n) is 2.38. The van der Waals surface area contributed by atoms with E-state index in [9.17, 15) is 22.8 Å². The number of alkyl halides is 3. The minimum atomic E-state index is -4.96. The summed E-state index contributed by atoms with van der Waals surface area (Å²) in [5.41, 5.74) is 0.0586. The molecule has 0 aromatic heterocycles. The number of benzene rings is 1. The first kappa shape index (κ1) is 17.7. The lowest BCUT2D eigenvalue weighted by Crippen LogP contribution is -2.29. The monoisotopic (exact) mass is 314 g/mol. The van der Waals surface area contributed by atoms with Crippen LogP contribution in [0.2, 0.25) is 0 Å². The van der Waals surface area contributed by atoms with Gasteiger partial charge in [0, 0.05) is 11.4 Å². The van der Waals surface area contributed by atoms with Crippen LogP contribution in [-0.2, 0) is 9.59 Å². The fourth-order valence-electron chi connectivity index (χ4n) is 1.39. The first-order chi connectivity index (χ1) is 9.97. The standard InChI is InChI=1S/C15H17F3N2O2/c1-14(2,3)8-7-12(21)19-10-5-4-6-11(9-10)20-13(22)15(16,17)18/h4-9H,1-3H3,(H,19,21)(H,20,22)/b8-7+. The molecule has 1 aromatic rings. The van der Waals surface area contributed by atoms with E-state index < -0.39 is 18.0 Å². The lowest BCUT2D eigenvalue weighted by Gasteiger charge is -2.11. The summed E-state index contributed by atoms with van der Waals surface area (Å²) in [6, 6.07) is 5.47. The molecule has 120 valence electrons. The predicted molar refractivity (Wildman–Crippen MR) is 78.4 cm³/mol. The molecule has 0 aliphatic carbocycles. The number of nitrogens with one attached hydrogen (secondary N) is 2. The number of hydrogen-bond donors (Lipinski definition) is 2. The number of carbonyl (C=O) groups excluding carboxylic acids is 2. The number of anilines is 2. The molecule has 0 spiro atoms. The van der Waals surface area contributed by atoms with Crippen LogP contribution in [0.25, 0.3) is 0 Å². The molecule has 0 saturated heterocycles. The normalized spacial score (nSPS) is 12.3. The summed E-state index contributed by atoms with van der Waals surface area (Å²) in [6.07, 6.45) is -1.91. The van der Waals surface area contributed by atoms with Crippen LogP contribution in [0.4, 0.5) is 24.5 Å². The Bertz CT molecular complexity index is 587. The molecule has 0 saturated carbocycles. The second-order valence-electron chi connectivity index (χ2n) is 5.72. The molecule has 0 radical (unpaired) electrons. The highest BCUT2D eigenvalue weighted by Crippen LogP contribution is 2.20. The number of halogens is 3. The van der Waals surface area contributed by atoms with Gasteiger partial charge in [0.1, 0.15) is 0 Å². The van der Waals surface area contributed by atoms with E-state index in [1.54, 1.807) is 11.4 Å². The van der Waals surface area contributed by atoms with E-state index in [2.05, 4.69) is 5.32 Å². The van der Waals surface area contributed by atoms with Gasteiger partial charge < -0.3 is 10.6 Å². The summed E-state index contributed by atoms with van der Waals surface area (Å²) < 4.78 is 36.5. The van der Waals surface area contributed by atoms with Gasteiger partial charge in [-0.05, 0) is 29.7 Å². The van der Waals surface area contributed by atoms with E-state index in [0.29, 0.717) is 0 Å². The topological polar surface area (TPSA) is 58.2 Å². The highest BCUT2D eigenvalue weighted by molar-refractivity contribution is 6.00. The van der Waals surface area contributed by atoms with Gasteiger partial charge in [0.25, 0.3) is 0 Å². The minimum absolute atomic E-state index is 0.0556. The molecular weight excluding hydrogens is 297 g/mol. The zero-order chi connectivity index (χ0) is 17.0. The first-order valence-corrected chi connectivity index (χ1v) is 6.46. The highest BCUT2D eigenvalue weighted by Gasteiger charge is 2.38. The van der Waals surface area contributed by atoms with Crippen molar-refractivity contribution in [2.24, 2.45) is 5.41 Å². The van der Waals surface area contributed by atoms with Crippen molar-refractivity contribution in [1.82, 2.24) is 0 Å². The number of amides is 2. The van der Waals surface area contributed by atoms with E-state index in [-0.39, 0.29) is 16.8 Å². The van der Waals surface area contributed by atoms with Gasteiger partial charge in [-0.25, -0.2) is 0 Å². The van der Waals surface area contributed by atoms with Crippen molar-refractivity contribution in [1.29, 1.82) is 0 Å². The van der Waals surface area contributed by atoms with Crippen molar-refractivity contribution in [3.05, 3.63) is 36.4 Å². The minimum Gasteiger partial charge on any atom is -0.322 e. The van der Waals surface area contributed by atoms with Crippen LogP contribution >= 0.6 is 0 Å². The lowest BCUT2D eigenvalue weighted by atomic mass is 9.96. The van der Waals surface area contributed by atoms with E-state index in [0.717, 1.165) is 0 Å². The van der Waals surface area contributed by atoms with Crippen LogP contribution in [0.15, 0.2) is 36.4 Å². The first-order valence-electron chi connectivity index (χ1n) is 6.46. The molecule has 1 aromatic carbocycles. The van der Waals surface area contributed by atoms with Gasteiger partial charge in [-0.3, -0.25) is 9.59 Å². The smallest absolute Gasteiger partial charge is 0.322 e. The molecule has 0 fully saturated rings. The van der Waals surface area contributed by atoms with Crippen molar-refractivity contribution >= 4 is 23.2 Å². The van der Waals surface area contributed by atoms with Gasteiger partial charge in [-0.2, -0.15) is 13.2 Å². The number of hydrogen-bond acceptors (Lipinski definition) is 2. The van der Waals surface area contributed by atoms with E-state index >= 15 is 0 Å². The van der Waals surface area contributed by atoms with E-state index in [4.69, 9.17) is 0 Å². The van der Waals surface area contributed by atoms with Gasteiger partial charge in [0.05, 0.1) is 0 Å². The zero-order valence-electron chi connectivity index (χ0n) is 12.4. The van der Waals surface area contributed by atoms with Crippen molar-refractivity contribution in [3.63, 3.8) is 0 Å². The summed E-state index contributed by atoms with van der Waals surface area (Å²) in [5.74, 6) is -2.47. The summed E-state index contributed by atoms with van der Waals surface area (Å²) in [5, 5.41) is 4.23. The Morgan fingerprint density at radius 3 is 2.09 bits per heavy atom. The molecule has 4 nitrogen and oxygen atoms in total. The molecule has 1 rings (SSSR count). The van der Waals surface area contributed by atoms with Crippen LogP contribution in [0.5, 0.6) is 0 Å². The molecule has 0 atom stereocenters. The Morgan fingerprint density at radius 1 is 1.05 bits per heavy atom. The Labute approximate surface area is 126 Å². The van der Waals surface area contributed by atoms with Gasteiger partial charge in [0.15, 0.2) is 0 Å². The molecule has 0 bridgehead atoms. The van der Waals surface area contributed by atoms with E-state index in [1.807, 2.05) is 20.8 Å². The largest absolute Gasteiger partial charge is 0.471 e. The Kier molecular flexibility index (Phi) is 5.35. The second kappa shape index (κ2) is 6.64. The fourth-order valence-corrected chi connectivity index (χ4v) is 1.39. The average molecular weight is 314 g/mol. The summed E-state index contributed by atoms with van der Waals surface area (Å²) in [4.78, 5) is 22.5. The highest BCUT2D eigenvalue weighted by atomic mass is 19.4. The molecule has 0 unspecified atom stereocenters. The van der Waals surface area contributed by atoms with Crippen LogP contribution in [0.1, 0.15) is 20.8 Å². The number of carbonyl (C=O) groups is 2. The SMILES string of the molecule is CC(C)(C)/C=C/C(=O)Nc1cccc(NC(=O)C(F)(F)F)c1. The molecule has 0 heterocycles. The van der Waals surface area contributed by atoms with Gasteiger partial charge in [0.2, 0.25) is 5.91 Å². The summed E-state index contributed by atoms with van der Waals surface area (Å²) >= 11 is 0. The molecule has 0 aliphatic rings. The lowest BCUT2D eigenvalue weighted by molar-refractivity contribution is -0.167. The van der Waals surface area contributed by atoms with Crippen molar-refractivity contribution in [3.8, 4) is 0 Å².